The van der Waals surface area contributed by atoms with Crippen molar-refractivity contribution in [2.75, 3.05) is 26.4 Å². The number of benzene rings is 1. The first kappa shape index (κ1) is 28.0. The van der Waals surface area contributed by atoms with Crippen LogP contribution in [0, 0.1) is 29.6 Å². The molecule has 38 heavy (non-hydrogen) atoms. The van der Waals surface area contributed by atoms with Crippen molar-refractivity contribution in [3.8, 4) is 11.8 Å². The van der Waals surface area contributed by atoms with Gasteiger partial charge in [0.2, 0.25) is 17.7 Å². The standard InChI is InChI=1S/C30H38N2O6/c1-20-8-10-22(11-9-20)32(28(35)19-33)16-18-38-17-3-2-5-21-6-4-7-24-23(21)12-13-25(29(24)36)26-14-15-27(34)31-30(26)37/h4,6-7,20,22,25-26,33H,3,8-19H2,1H3,(H,31,34,37)/t20-,22+,25?,26?. The van der Waals surface area contributed by atoms with Gasteiger partial charge in [-0.3, -0.25) is 24.5 Å². The van der Waals surface area contributed by atoms with Crippen LogP contribution in [0.25, 0.3) is 0 Å². The second-order valence-corrected chi connectivity index (χ2v) is 10.7. The number of aliphatic hydroxyl groups excluding tert-OH is 1. The molecule has 3 aliphatic rings. The lowest BCUT2D eigenvalue weighted by Gasteiger charge is -2.35. The van der Waals surface area contributed by atoms with E-state index in [0.29, 0.717) is 56.9 Å². The highest BCUT2D eigenvalue weighted by Gasteiger charge is 2.40. The van der Waals surface area contributed by atoms with Crippen molar-refractivity contribution in [3.63, 3.8) is 0 Å². The number of hydrogen-bond acceptors (Lipinski definition) is 6. The number of imide groups is 1. The van der Waals surface area contributed by atoms with Crippen molar-refractivity contribution >= 4 is 23.5 Å². The van der Waals surface area contributed by atoms with Crippen molar-refractivity contribution < 1.29 is 29.0 Å². The fourth-order valence-corrected chi connectivity index (χ4v) is 6.01. The maximum Gasteiger partial charge on any atom is 0.248 e. The topological polar surface area (TPSA) is 113 Å². The van der Waals surface area contributed by atoms with Crippen LogP contribution in [0.2, 0.25) is 0 Å². The van der Waals surface area contributed by atoms with Gasteiger partial charge in [-0.2, -0.15) is 0 Å². The zero-order valence-electron chi connectivity index (χ0n) is 22.2. The molecule has 8 heteroatoms. The number of carbonyl (C=O) groups excluding carboxylic acids is 4. The molecule has 2 fully saturated rings. The number of nitrogens with one attached hydrogen (secondary N) is 1. The van der Waals surface area contributed by atoms with Gasteiger partial charge >= 0.3 is 0 Å². The third kappa shape index (κ3) is 6.69. The molecule has 8 nitrogen and oxygen atoms in total. The minimum absolute atomic E-state index is 0.0397. The Morgan fingerprint density at radius 3 is 2.55 bits per heavy atom. The Kier molecular flexibility index (Phi) is 9.70. The molecule has 204 valence electrons. The first-order chi connectivity index (χ1) is 18.4. The number of fused-ring (bicyclic) bond motifs is 1. The van der Waals surface area contributed by atoms with E-state index < -0.39 is 18.4 Å². The maximum atomic E-state index is 13.2. The summed E-state index contributed by atoms with van der Waals surface area (Å²) < 4.78 is 5.74. The largest absolute Gasteiger partial charge is 0.387 e. The molecule has 2 N–H and O–H groups in total. The van der Waals surface area contributed by atoms with Crippen LogP contribution in [-0.4, -0.2) is 65.9 Å². The minimum atomic E-state index is -0.476. The molecule has 0 radical (unpaired) electrons. The van der Waals surface area contributed by atoms with Gasteiger partial charge in [-0.1, -0.05) is 30.9 Å². The van der Waals surface area contributed by atoms with Crippen LogP contribution < -0.4 is 5.32 Å². The fraction of sp³-hybridized carbons (Fsp3) is 0.600. The van der Waals surface area contributed by atoms with Gasteiger partial charge in [-0.05, 0) is 62.5 Å². The van der Waals surface area contributed by atoms with Crippen molar-refractivity contribution in [3.05, 3.63) is 34.9 Å². The number of amides is 3. The molecule has 0 bridgehead atoms. The number of ketones is 1. The SMILES string of the molecule is C[C@H]1CC[C@@H](N(CCOCCC#Cc2cccc3c2CCC(C2CCC(=O)NC2=O)C3=O)C(=O)CO)CC1. The highest BCUT2D eigenvalue weighted by Crippen LogP contribution is 2.35. The third-order valence-corrected chi connectivity index (χ3v) is 8.20. The van der Waals surface area contributed by atoms with Crippen LogP contribution in [-0.2, 0) is 25.5 Å². The summed E-state index contributed by atoms with van der Waals surface area (Å²) in [5.74, 6) is 5.26. The molecule has 2 unspecified atom stereocenters. The van der Waals surface area contributed by atoms with E-state index in [1.807, 2.05) is 12.1 Å². The zero-order chi connectivity index (χ0) is 27.1. The molecule has 1 saturated carbocycles. The van der Waals surface area contributed by atoms with E-state index in [1.54, 1.807) is 11.0 Å². The lowest BCUT2D eigenvalue weighted by Crippen LogP contribution is -2.46. The maximum absolute atomic E-state index is 13.2. The molecule has 0 aromatic heterocycles. The smallest absolute Gasteiger partial charge is 0.248 e. The summed E-state index contributed by atoms with van der Waals surface area (Å²) in [4.78, 5) is 51.0. The number of rotatable bonds is 8. The van der Waals surface area contributed by atoms with Crippen LogP contribution in [0.15, 0.2) is 18.2 Å². The molecular weight excluding hydrogens is 484 g/mol. The first-order valence-corrected chi connectivity index (χ1v) is 13.9. The van der Waals surface area contributed by atoms with E-state index >= 15 is 0 Å². The quantitative estimate of drug-likeness (QED) is 0.308. The fourth-order valence-electron chi connectivity index (χ4n) is 6.01. The summed E-state index contributed by atoms with van der Waals surface area (Å²) in [6, 6.07) is 5.71. The number of ether oxygens (including phenoxy) is 1. The molecular formula is C30H38N2O6. The number of hydrogen-bond donors (Lipinski definition) is 2. The Labute approximate surface area is 224 Å². The number of carbonyl (C=O) groups is 4. The van der Waals surface area contributed by atoms with Gasteiger partial charge in [-0.25, -0.2) is 0 Å². The molecule has 1 aromatic carbocycles. The van der Waals surface area contributed by atoms with Gasteiger partial charge in [0.05, 0.1) is 13.2 Å². The first-order valence-electron chi connectivity index (χ1n) is 13.9. The molecule has 1 heterocycles. The predicted molar refractivity (Wildman–Crippen MR) is 141 cm³/mol. The molecule has 2 atom stereocenters. The van der Waals surface area contributed by atoms with E-state index in [-0.39, 0.29) is 36.0 Å². The van der Waals surface area contributed by atoms with Crippen molar-refractivity contribution in [1.29, 1.82) is 0 Å². The molecule has 3 amide bonds. The Bertz CT molecular complexity index is 1110. The number of aliphatic hydroxyl groups is 1. The predicted octanol–water partition coefficient (Wildman–Crippen LogP) is 2.64. The summed E-state index contributed by atoms with van der Waals surface area (Å²) >= 11 is 0. The Hall–Kier alpha value is -3.02. The average molecular weight is 523 g/mol. The highest BCUT2D eigenvalue weighted by atomic mass is 16.5. The van der Waals surface area contributed by atoms with E-state index in [4.69, 9.17) is 4.74 Å². The van der Waals surface area contributed by atoms with Crippen molar-refractivity contribution in [1.82, 2.24) is 10.2 Å². The van der Waals surface area contributed by atoms with E-state index in [1.165, 1.54) is 0 Å². The van der Waals surface area contributed by atoms with Crippen LogP contribution in [0.1, 0.15) is 79.8 Å². The number of piperidine rings is 1. The normalized spacial score (nSPS) is 25.2. The molecule has 2 aliphatic carbocycles. The van der Waals surface area contributed by atoms with E-state index in [9.17, 15) is 24.3 Å². The molecule has 1 aliphatic heterocycles. The van der Waals surface area contributed by atoms with Gasteiger partial charge in [0.1, 0.15) is 6.61 Å². The lowest BCUT2D eigenvalue weighted by molar-refractivity contribution is -0.139. The van der Waals surface area contributed by atoms with Gasteiger partial charge < -0.3 is 14.7 Å². The second-order valence-electron chi connectivity index (χ2n) is 10.7. The van der Waals surface area contributed by atoms with Gasteiger partial charge in [0.15, 0.2) is 5.78 Å². The Balaban J connectivity index is 1.27. The molecule has 4 rings (SSSR count). The van der Waals surface area contributed by atoms with E-state index in [2.05, 4.69) is 24.1 Å². The molecule has 1 saturated heterocycles. The summed E-state index contributed by atoms with van der Waals surface area (Å²) in [6.07, 6.45) is 6.59. The van der Waals surface area contributed by atoms with Crippen LogP contribution >= 0.6 is 0 Å². The highest BCUT2D eigenvalue weighted by molar-refractivity contribution is 6.06. The van der Waals surface area contributed by atoms with Gasteiger partial charge in [-0.15, -0.1) is 0 Å². The van der Waals surface area contributed by atoms with Gasteiger partial charge in [0, 0.05) is 48.4 Å². The van der Waals surface area contributed by atoms with Gasteiger partial charge in [0.25, 0.3) is 0 Å². The van der Waals surface area contributed by atoms with Crippen LogP contribution in [0.5, 0.6) is 0 Å². The van der Waals surface area contributed by atoms with Crippen LogP contribution in [0.3, 0.4) is 0 Å². The Morgan fingerprint density at radius 1 is 1.05 bits per heavy atom. The summed E-state index contributed by atoms with van der Waals surface area (Å²) in [6.45, 7) is 3.06. The number of Topliss-reactive ketones (excluding diaryl/α,β-unsaturated/α-hetero) is 1. The summed E-state index contributed by atoms with van der Waals surface area (Å²) in [7, 11) is 0. The second kappa shape index (κ2) is 13.2. The summed E-state index contributed by atoms with van der Waals surface area (Å²) in [5.41, 5.74) is 2.37. The van der Waals surface area contributed by atoms with Crippen molar-refractivity contribution in [2.45, 2.75) is 70.8 Å². The van der Waals surface area contributed by atoms with Crippen LogP contribution in [0.4, 0.5) is 0 Å². The monoisotopic (exact) mass is 522 g/mol. The molecule has 0 spiro atoms. The third-order valence-electron chi connectivity index (χ3n) is 8.20. The molecule has 1 aromatic rings. The zero-order valence-corrected chi connectivity index (χ0v) is 22.2. The van der Waals surface area contributed by atoms with E-state index in [0.717, 1.165) is 36.8 Å². The summed E-state index contributed by atoms with van der Waals surface area (Å²) in [5, 5.41) is 11.7. The van der Waals surface area contributed by atoms with Crippen molar-refractivity contribution in [2.24, 2.45) is 17.8 Å². The Morgan fingerprint density at radius 2 is 1.82 bits per heavy atom. The minimum Gasteiger partial charge on any atom is -0.387 e. The lowest BCUT2D eigenvalue weighted by atomic mass is 9.72. The average Bonchev–Trinajstić information content (AvgIpc) is 2.91. The number of nitrogens with zero attached hydrogens (tertiary/aromatic N) is 1.